The fourth-order valence-corrected chi connectivity index (χ4v) is 5.66. The van der Waals surface area contributed by atoms with Crippen LogP contribution in [0.4, 0.5) is 0 Å². The van der Waals surface area contributed by atoms with Crippen LogP contribution >= 0.6 is 8.53 Å². The van der Waals surface area contributed by atoms with Gasteiger partial charge in [-0.25, -0.2) is 4.67 Å². The molecule has 0 amide bonds. The molecule has 6 atom stereocenters. The predicted molar refractivity (Wildman–Crippen MR) is 97.8 cm³/mol. The minimum Gasteiger partial charge on any atom is -0.348 e. The van der Waals surface area contributed by atoms with E-state index in [0.29, 0.717) is 13.2 Å². The van der Waals surface area contributed by atoms with Crippen LogP contribution in [0, 0.1) is 0 Å². The van der Waals surface area contributed by atoms with Crippen LogP contribution in [0.5, 0.6) is 0 Å². The monoisotopic (exact) mass is 405 g/mol. The molecular formula is C18H32NO7P. The van der Waals surface area contributed by atoms with Gasteiger partial charge in [0, 0.05) is 12.1 Å². The minimum absolute atomic E-state index is 0.0438. The largest absolute Gasteiger partial charge is 0.348 e. The summed E-state index contributed by atoms with van der Waals surface area (Å²) >= 11 is 0. The third kappa shape index (κ3) is 4.06. The lowest BCUT2D eigenvalue weighted by molar-refractivity contribution is -0.230. The van der Waals surface area contributed by atoms with E-state index in [2.05, 4.69) is 25.4 Å². The average molecular weight is 405 g/mol. The highest BCUT2D eigenvalue weighted by molar-refractivity contribution is 7.44. The lowest BCUT2D eigenvalue weighted by Crippen LogP contribution is -2.44. The van der Waals surface area contributed by atoms with Gasteiger partial charge < -0.3 is 32.7 Å². The number of hydrogen-bond acceptors (Lipinski definition) is 8. The molecule has 4 rings (SSSR count). The second kappa shape index (κ2) is 6.83. The van der Waals surface area contributed by atoms with E-state index >= 15 is 0 Å². The summed E-state index contributed by atoms with van der Waals surface area (Å²) in [7, 11) is -1.21. The molecule has 0 aromatic rings. The molecule has 4 heterocycles. The van der Waals surface area contributed by atoms with Crippen molar-refractivity contribution in [3.63, 3.8) is 0 Å². The van der Waals surface area contributed by atoms with Crippen molar-refractivity contribution in [2.24, 2.45) is 0 Å². The highest BCUT2D eigenvalue weighted by atomic mass is 31.2. The highest BCUT2D eigenvalue weighted by Crippen LogP contribution is 2.55. The summed E-state index contributed by atoms with van der Waals surface area (Å²) in [6, 6.07) is 0. The Morgan fingerprint density at radius 2 is 1.74 bits per heavy atom. The van der Waals surface area contributed by atoms with Crippen LogP contribution < -0.4 is 0 Å². The Hall–Kier alpha value is 0.110. The minimum atomic E-state index is -1.21. The van der Waals surface area contributed by atoms with Gasteiger partial charge in [-0.3, -0.25) is 0 Å². The second-order valence-electron chi connectivity index (χ2n) is 9.37. The van der Waals surface area contributed by atoms with Crippen molar-refractivity contribution in [3.05, 3.63) is 0 Å². The van der Waals surface area contributed by atoms with Gasteiger partial charge in [0.25, 0.3) is 8.53 Å². The first kappa shape index (κ1) is 20.4. The number of nitrogens with zero attached hydrogens (tertiary/aromatic N) is 1. The molecule has 4 saturated heterocycles. The maximum Gasteiger partial charge on any atom is 0.259 e. The second-order valence-corrected chi connectivity index (χ2v) is 10.8. The van der Waals surface area contributed by atoms with Crippen molar-refractivity contribution in [1.82, 2.24) is 4.67 Å². The lowest BCUT2D eigenvalue weighted by Gasteiger charge is -2.36. The van der Waals surface area contributed by atoms with Gasteiger partial charge in [0.1, 0.15) is 24.4 Å². The molecule has 0 aromatic heterocycles. The summed E-state index contributed by atoms with van der Waals surface area (Å²) in [5.74, 6) is -1.34. The first-order valence-electron chi connectivity index (χ1n) is 9.65. The maximum absolute atomic E-state index is 6.51. The van der Waals surface area contributed by atoms with Gasteiger partial charge in [-0.05, 0) is 48.5 Å². The summed E-state index contributed by atoms with van der Waals surface area (Å²) in [5.41, 5.74) is -0.0438. The quantitative estimate of drug-likeness (QED) is 0.664. The van der Waals surface area contributed by atoms with Crippen molar-refractivity contribution in [3.8, 4) is 0 Å². The Morgan fingerprint density at radius 3 is 2.37 bits per heavy atom. The zero-order valence-corrected chi connectivity index (χ0v) is 18.2. The summed E-state index contributed by atoms with van der Waals surface area (Å²) in [5, 5.41) is 0. The van der Waals surface area contributed by atoms with Gasteiger partial charge in [-0.15, -0.1) is 0 Å². The molecule has 0 N–H and O–H groups in total. The lowest BCUT2D eigenvalue weighted by atomic mass is 10.1. The van der Waals surface area contributed by atoms with E-state index < -0.39 is 26.4 Å². The summed E-state index contributed by atoms with van der Waals surface area (Å²) in [4.78, 5) is 0. The third-order valence-corrected chi connectivity index (χ3v) is 7.13. The molecule has 0 bridgehead atoms. The molecule has 0 aromatic carbocycles. The van der Waals surface area contributed by atoms with Crippen LogP contribution in [-0.4, -0.2) is 72.2 Å². The fourth-order valence-electron chi connectivity index (χ4n) is 3.93. The van der Waals surface area contributed by atoms with Crippen molar-refractivity contribution < 1.29 is 32.7 Å². The van der Waals surface area contributed by atoms with Crippen molar-refractivity contribution in [2.75, 3.05) is 19.8 Å². The number of hydrogen-bond donors (Lipinski definition) is 0. The standard InChI is InChI=1S/C18H32NO7P/c1-16(2,3)19-8-9-21-27(19)26-13-12(11-10-20-17(4,5)23-11)22-15-14(13)24-18(6,7)25-15/h11-15H,8-10H2,1-7H3/t11-,12-,13-,14+,15-,27?/m0/s1. The molecule has 8 nitrogen and oxygen atoms in total. The summed E-state index contributed by atoms with van der Waals surface area (Å²) in [6.07, 6.45) is -1.75. The van der Waals surface area contributed by atoms with E-state index in [9.17, 15) is 0 Å². The maximum atomic E-state index is 6.51. The van der Waals surface area contributed by atoms with Crippen molar-refractivity contribution >= 4 is 8.53 Å². The molecular weight excluding hydrogens is 373 g/mol. The Kier molecular flexibility index (Phi) is 5.15. The van der Waals surface area contributed by atoms with Crippen LogP contribution in [-0.2, 0) is 32.7 Å². The Balaban J connectivity index is 1.54. The zero-order chi connectivity index (χ0) is 19.6. The van der Waals surface area contributed by atoms with E-state index in [1.165, 1.54) is 0 Å². The molecule has 0 saturated carbocycles. The van der Waals surface area contributed by atoms with E-state index in [0.717, 1.165) is 6.54 Å². The summed E-state index contributed by atoms with van der Waals surface area (Å²) in [6.45, 7) is 16.0. The van der Waals surface area contributed by atoms with Crippen LogP contribution in [0.15, 0.2) is 0 Å². The number of rotatable bonds is 3. The molecule has 1 unspecified atom stereocenters. The first-order chi connectivity index (χ1) is 12.5. The van der Waals surface area contributed by atoms with E-state index in [1.807, 2.05) is 27.7 Å². The molecule has 4 aliphatic rings. The highest BCUT2D eigenvalue weighted by Gasteiger charge is 2.60. The Labute approximate surface area is 162 Å². The Bertz CT molecular complexity index is 566. The molecule has 0 spiro atoms. The van der Waals surface area contributed by atoms with Gasteiger partial charge >= 0.3 is 0 Å². The molecule has 9 heteroatoms. The van der Waals surface area contributed by atoms with Crippen LogP contribution in [0.1, 0.15) is 48.5 Å². The first-order valence-corrected chi connectivity index (χ1v) is 10.8. The van der Waals surface area contributed by atoms with Crippen molar-refractivity contribution in [2.45, 2.75) is 96.3 Å². The number of ether oxygens (including phenoxy) is 5. The van der Waals surface area contributed by atoms with Gasteiger partial charge in [0.05, 0.1) is 13.2 Å². The molecule has 0 radical (unpaired) electrons. The smallest absolute Gasteiger partial charge is 0.259 e. The average Bonchev–Trinajstić information content (AvgIpc) is 3.23. The molecule has 0 aliphatic carbocycles. The van der Waals surface area contributed by atoms with Gasteiger partial charge in [-0.1, -0.05) is 0 Å². The van der Waals surface area contributed by atoms with Crippen LogP contribution in [0.2, 0.25) is 0 Å². The molecule has 156 valence electrons. The van der Waals surface area contributed by atoms with Gasteiger partial charge in [0.15, 0.2) is 17.9 Å². The predicted octanol–water partition coefficient (Wildman–Crippen LogP) is 2.76. The number of fused-ring (bicyclic) bond motifs is 1. The fraction of sp³-hybridized carbons (Fsp3) is 1.00. The van der Waals surface area contributed by atoms with E-state index in [1.54, 1.807) is 0 Å². The van der Waals surface area contributed by atoms with Crippen molar-refractivity contribution in [1.29, 1.82) is 0 Å². The molecule has 4 aliphatic heterocycles. The zero-order valence-electron chi connectivity index (χ0n) is 17.3. The normalized spacial score (nSPS) is 44.1. The Morgan fingerprint density at radius 1 is 1.00 bits per heavy atom. The molecule has 4 fully saturated rings. The van der Waals surface area contributed by atoms with Crippen LogP contribution in [0.25, 0.3) is 0 Å². The van der Waals surface area contributed by atoms with Crippen LogP contribution in [0.3, 0.4) is 0 Å². The van der Waals surface area contributed by atoms with E-state index in [-0.39, 0.29) is 30.0 Å². The topological polar surface area (TPSA) is 67.9 Å². The summed E-state index contributed by atoms with van der Waals surface area (Å²) < 4.78 is 44.8. The van der Waals surface area contributed by atoms with Gasteiger partial charge in [-0.2, -0.15) is 0 Å². The van der Waals surface area contributed by atoms with E-state index in [4.69, 9.17) is 32.7 Å². The third-order valence-electron chi connectivity index (χ3n) is 5.11. The molecule has 27 heavy (non-hydrogen) atoms. The van der Waals surface area contributed by atoms with Gasteiger partial charge in [0.2, 0.25) is 0 Å². The SMILES string of the molecule is CC1(C)O[C@@H]2O[C@@H]([C@@H]3COC(C)(C)O3)[C@H](OP3OCCN3C(C)(C)C)[C@H]2O1.